The van der Waals surface area contributed by atoms with E-state index in [0.717, 1.165) is 5.01 Å². The molecule has 0 fully saturated rings. The fraction of sp³-hybridized carbons (Fsp3) is 0.188. The number of benzene rings is 1. The highest BCUT2D eigenvalue weighted by Gasteiger charge is 2.40. The van der Waals surface area contributed by atoms with E-state index < -0.39 is 17.9 Å². The molecule has 0 aliphatic carbocycles. The molecule has 1 aromatic carbocycles. The molecule has 0 unspecified atom stereocenters. The standard InChI is InChI=1S/C16H13Cl2N3O3/c17-9-5-11(18)14-10(15(22)8-1-3-20-4-2-8)7-13(16(23)24)21(19)12(14)6-9/h1-6,10,13H,7,19H2,(H,23,24)/t10-,13+/m0/s1. The third-order valence-electron chi connectivity index (χ3n) is 4.06. The van der Waals surface area contributed by atoms with Crippen LogP contribution >= 0.6 is 23.2 Å². The van der Waals surface area contributed by atoms with Crippen molar-refractivity contribution >= 4 is 40.6 Å². The van der Waals surface area contributed by atoms with Gasteiger partial charge >= 0.3 is 5.97 Å². The molecule has 124 valence electrons. The van der Waals surface area contributed by atoms with Gasteiger partial charge in [0, 0.05) is 33.6 Å². The minimum atomic E-state index is -1.12. The number of anilines is 1. The molecule has 2 heterocycles. The van der Waals surface area contributed by atoms with Crippen LogP contribution in [0.1, 0.15) is 28.3 Å². The van der Waals surface area contributed by atoms with Crippen LogP contribution in [0.3, 0.4) is 0 Å². The van der Waals surface area contributed by atoms with Crippen LogP contribution in [0.4, 0.5) is 5.69 Å². The van der Waals surface area contributed by atoms with Crippen LogP contribution in [0.25, 0.3) is 0 Å². The van der Waals surface area contributed by atoms with E-state index in [4.69, 9.17) is 29.0 Å². The van der Waals surface area contributed by atoms with Gasteiger partial charge in [0.2, 0.25) is 0 Å². The molecule has 3 rings (SSSR count). The van der Waals surface area contributed by atoms with Gasteiger partial charge in [0.05, 0.1) is 11.6 Å². The lowest BCUT2D eigenvalue weighted by molar-refractivity contribution is -0.138. The first kappa shape index (κ1) is 16.7. The van der Waals surface area contributed by atoms with Gasteiger partial charge in [-0.25, -0.2) is 10.6 Å². The highest BCUT2D eigenvalue weighted by atomic mass is 35.5. The molecule has 3 N–H and O–H groups in total. The van der Waals surface area contributed by atoms with Crippen molar-refractivity contribution in [1.29, 1.82) is 0 Å². The number of hydrogen-bond acceptors (Lipinski definition) is 5. The van der Waals surface area contributed by atoms with Crippen molar-refractivity contribution in [1.82, 2.24) is 4.98 Å². The minimum Gasteiger partial charge on any atom is -0.480 e. The molecule has 0 amide bonds. The Bertz CT molecular complexity index is 814. The number of aromatic nitrogens is 1. The highest BCUT2D eigenvalue weighted by molar-refractivity contribution is 6.36. The molecule has 1 aliphatic rings. The SMILES string of the molecule is NN1c2cc(Cl)cc(Cl)c2[C@@H](C(=O)c2ccncc2)C[C@@H]1C(=O)O. The van der Waals surface area contributed by atoms with Crippen molar-refractivity contribution < 1.29 is 14.7 Å². The van der Waals surface area contributed by atoms with Crippen molar-refractivity contribution in [2.24, 2.45) is 5.84 Å². The lowest BCUT2D eigenvalue weighted by Gasteiger charge is -2.37. The number of hydrazine groups is 1. The second kappa shape index (κ2) is 6.39. The number of rotatable bonds is 3. The summed E-state index contributed by atoms with van der Waals surface area (Å²) in [6, 6.07) is 5.14. The second-order valence-electron chi connectivity index (χ2n) is 5.47. The maximum atomic E-state index is 12.9. The lowest BCUT2D eigenvalue weighted by atomic mass is 9.81. The monoisotopic (exact) mass is 365 g/mol. The van der Waals surface area contributed by atoms with Gasteiger partial charge in [-0.15, -0.1) is 0 Å². The second-order valence-corrected chi connectivity index (χ2v) is 6.31. The van der Waals surface area contributed by atoms with Gasteiger partial charge in [-0.05, 0) is 30.7 Å². The Hall–Kier alpha value is -2.15. The Balaban J connectivity index is 2.15. The first-order valence-corrected chi connectivity index (χ1v) is 7.85. The van der Waals surface area contributed by atoms with Crippen LogP contribution in [0.5, 0.6) is 0 Å². The predicted molar refractivity (Wildman–Crippen MR) is 90.5 cm³/mol. The third-order valence-corrected chi connectivity index (χ3v) is 4.59. The van der Waals surface area contributed by atoms with Gasteiger partial charge < -0.3 is 5.11 Å². The van der Waals surface area contributed by atoms with Gasteiger partial charge in [0.15, 0.2) is 5.78 Å². The Labute approximate surface area is 147 Å². The van der Waals surface area contributed by atoms with Crippen LogP contribution in [-0.2, 0) is 4.79 Å². The summed E-state index contributed by atoms with van der Waals surface area (Å²) in [6.45, 7) is 0. The number of pyridine rings is 1. The van der Waals surface area contributed by atoms with Crippen LogP contribution < -0.4 is 10.9 Å². The molecule has 1 aliphatic heterocycles. The average Bonchev–Trinajstić information content (AvgIpc) is 2.55. The lowest BCUT2D eigenvalue weighted by Crippen LogP contribution is -2.51. The largest absolute Gasteiger partial charge is 0.480 e. The van der Waals surface area contributed by atoms with E-state index in [1.807, 2.05) is 0 Å². The molecular formula is C16H13Cl2N3O3. The van der Waals surface area contributed by atoms with Gasteiger partial charge in [-0.2, -0.15) is 0 Å². The van der Waals surface area contributed by atoms with Gasteiger partial charge in [0.1, 0.15) is 6.04 Å². The van der Waals surface area contributed by atoms with Crippen LogP contribution in [0.2, 0.25) is 10.0 Å². The first-order chi connectivity index (χ1) is 11.4. The van der Waals surface area contributed by atoms with E-state index >= 15 is 0 Å². The number of carbonyl (C=O) groups is 2. The Morgan fingerprint density at radius 1 is 1.25 bits per heavy atom. The molecule has 6 nitrogen and oxygen atoms in total. The number of nitrogens with two attached hydrogens (primary N) is 1. The van der Waals surface area contributed by atoms with E-state index in [2.05, 4.69) is 4.98 Å². The number of nitrogens with zero attached hydrogens (tertiary/aromatic N) is 2. The molecule has 0 spiro atoms. The summed E-state index contributed by atoms with van der Waals surface area (Å²) in [5.74, 6) is 3.86. The van der Waals surface area contributed by atoms with Crippen LogP contribution in [-0.4, -0.2) is 27.9 Å². The van der Waals surface area contributed by atoms with Gasteiger partial charge in [-0.1, -0.05) is 23.2 Å². The number of hydrogen-bond donors (Lipinski definition) is 2. The molecule has 1 aromatic heterocycles. The van der Waals surface area contributed by atoms with Crippen molar-refractivity contribution in [3.8, 4) is 0 Å². The van der Waals surface area contributed by atoms with E-state index in [0.29, 0.717) is 21.8 Å². The smallest absolute Gasteiger partial charge is 0.327 e. The maximum Gasteiger partial charge on any atom is 0.327 e. The number of carboxylic acids is 1. The zero-order valence-corrected chi connectivity index (χ0v) is 13.8. The molecular weight excluding hydrogens is 353 g/mol. The number of Topliss-reactive ketones (excluding diaryl/α,β-unsaturated/α-hetero) is 1. The quantitative estimate of drug-likeness (QED) is 0.641. The van der Waals surface area contributed by atoms with E-state index in [1.165, 1.54) is 24.5 Å². The van der Waals surface area contributed by atoms with E-state index in [-0.39, 0.29) is 17.2 Å². The number of halogens is 2. The predicted octanol–water partition coefficient (Wildman–Crippen LogP) is 2.89. The molecule has 8 heteroatoms. The highest BCUT2D eigenvalue weighted by Crippen LogP contribution is 2.44. The number of aliphatic carboxylic acids is 1. The summed E-state index contributed by atoms with van der Waals surface area (Å²) in [5.41, 5.74) is 1.27. The summed E-state index contributed by atoms with van der Waals surface area (Å²) in [5, 5.41) is 11.1. The summed E-state index contributed by atoms with van der Waals surface area (Å²) in [6.07, 6.45) is 3.02. The molecule has 0 bridgehead atoms. The third kappa shape index (κ3) is 2.84. The zero-order valence-electron chi connectivity index (χ0n) is 12.3. The van der Waals surface area contributed by atoms with E-state index in [1.54, 1.807) is 12.1 Å². The van der Waals surface area contributed by atoms with Crippen LogP contribution in [0, 0.1) is 0 Å². The van der Waals surface area contributed by atoms with Crippen molar-refractivity contribution in [3.63, 3.8) is 0 Å². The van der Waals surface area contributed by atoms with Gasteiger partial charge in [0.25, 0.3) is 0 Å². The van der Waals surface area contributed by atoms with Crippen molar-refractivity contribution in [2.75, 3.05) is 5.01 Å². The molecule has 0 saturated carbocycles. The first-order valence-electron chi connectivity index (χ1n) is 7.10. The van der Waals surface area contributed by atoms with Crippen molar-refractivity contribution in [2.45, 2.75) is 18.4 Å². The minimum absolute atomic E-state index is 0.0152. The summed E-state index contributed by atoms with van der Waals surface area (Å²) < 4.78 is 0. The van der Waals surface area contributed by atoms with E-state index in [9.17, 15) is 14.7 Å². The van der Waals surface area contributed by atoms with Gasteiger partial charge in [-0.3, -0.25) is 14.8 Å². The summed E-state index contributed by atoms with van der Waals surface area (Å²) >= 11 is 12.3. The molecule has 0 radical (unpaired) electrons. The number of carboxylic acid groups (broad SMARTS) is 1. The molecule has 24 heavy (non-hydrogen) atoms. The fourth-order valence-electron chi connectivity index (χ4n) is 2.93. The number of carbonyl (C=O) groups excluding carboxylic acids is 1. The maximum absolute atomic E-state index is 12.9. The Morgan fingerprint density at radius 2 is 1.92 bits per heavy atom. The Morgan fingerprint density at radius 3 is 2.54 bits per heavy atom. The molecule has 2 aromatic rings. The summed E-state index contributed by atoms with van der Waals surface area (Å²) in [4.78, 5) is 28.3. The number of ketones is 1. The van der Waals surface area contributed by atoms with Crippen molar-refractivity contribution in [3.05, 3.63) is 57.8 Å². The zero-order chi connectivity index (χ0) is 17.4. The normalized spacial score (nSPS) is 19.7. The Kier molecular flexibility index (Phi) is 4.45. The topological polar surface area (TPSA) is 96.5 Å². The number of fused-ring (bicyclic) bond motifs is 1. The summed E-state index contributed by atoms with van der Waals surface area (Å²) in [7, 11) is 0. The van der Waals surface area contributed by atoms with Crippen LogP contribution in [0.15, 0.2) is 36.7 Å². The fourth-order valence-corrected chi connectivity index (χ4v) is 3.54. The molecule has 2 atom stereocenters. The average molecular weight is 366 g/mol. The molecule has 0 saturated heterocycles.